The van der Waals surface area contributed by atoms with E-state index in [9.17, 15) is 25.3 Å². The molecule has 14 nitrogen and oxygen atoms in total. The molecule has 67 heavy (non-hydrogen) atoms. The topological polar surface area (TPSA) is 169 Å². The predicted molar refractivity (Wildman–Crippen MR) is 261 cm³/mol. The Morgan fingerprint density at radius 1 is 0.522 bits per heavy atom. The van der Waals surface area contributed by atoms with Gasteiger partial charge < -0.3 is 14.4 Å². The van der Waals surface area contributed by atoms with Crippen LogP contribution in [0.3, 0.4) is 0 Å². The summed E-state index contributed by atoms with van der Waals surface area (Å²) >= 11 is 0. The Morgan fingerprint density at radius 3 is 1.45 bits per heavy atom. The number of aromatic nitrogens is 4. The van der Waals surface area contributed by atoms with Crippen molar-refractivity contribution in [3.63, 3.8) is 0 Å². The van der Waals surface area contributed by atoms with Gasteiger partial charge in [-0.15, -0.1) is 0 Å². The molecule has 0 radical (unpaired) electrons. The molecule has 0 unspecified atom stereocenters. The molecule has 2 heterocycles. The number of likely N-dealkylation sites (N-methyl/N-ethyl adjacent to an activating group) is 1. The normalized spacial score (nSPS) is 12.0. The molecule has 9 aromatic rings. The van der Waals surface area contributed by atoms with Crippen molar-refractivity contribution < 1.29 is 38.9 Å². The third-order valence-electron chi connectivity index (χ3n) is 10.9. The highest BCUT2D eigenvalue weighted by Crippen LogP contribution is 2.35. The third-order valence-corrected chi connectivity index (χ3v) is 15.7. The second kappa shape index (κ2) is 19.7. The van der Waals surface area contributed by atoms with Crippen LogP contribution in [-0.4, -0.2) is 90.2 Å². The SMILES string of the molecule is C.CN(C)CCOc1ccc2c(c1)c(S(=O)(=O)c1cccc3ccccc13)nn2C.Cc1ccc(S(=O)(=O)OCCOc2ccc3c(c2)c(S(=O)(=O)c2cccc4ccccc24)nn3C)cc1. The standard InChI is InChI=1S/C27H24N2O6S2.C22H23N3O3S.CH4/c1-19-10-13-22(14-11-19)37(32,33)35-17-16-34-21-12-15-25-24(18-21)27(28-29(25)2)36(30,31)26-9-5-7-20-6-3-4-8-23(20)26;1-24(2)13-14-28-17-11-12-20-19(15-17)22(23-25(20)3)29(26,27)21-10-6-8-16-7-4-5-9-18(16)21;/h3-15,18H,16-17H2,1-2H3;4-12,15H,13-14H2,1-3H3;1H4. The first-order valence-corrected chi connectivity index (χ1v) is 25.2. The molecular formula is C50H51N5O9S3. The number of rotatable bonds is 14. The monoisotopic (exact) mass is 961 g/mol. The number of ether oxygens (including phenoxy) is 2. The highest BCUT2D eigenvalue weighted by Gasteiger charge is 2.28. The summed E-state index contributed by atoms with van der Waals surface area (Å²) in [6, 6.07) is 42.0. The van der Waals surface area contributed by atoms with Crippen molar-refractivity contribution in [3.8, 4) is 11.5 Å². The summed E-state index contributed by atoms with van der Waals surface area (Å²) < 4.78 is 99.0. The zero-order valence-corrected chi connectivity index (χ0v) is 39.3. The van der Waals surface area contributed by atoms with E-state index in [1.165, 1.54) is 16.8 Å². The van der Waals surface area contributed by atoms with Crippen molar-refractivity contribution in [1.82, 2.24) is 24.5 Å². The lowest BCUT2D eigenvalue weighted by atomic mass is 10.1. The zero-order valence-electron chi connectivity index (χ0n) is 36.8. The quantitative estimate of drug-likeness (QED) is 0.0752. The van der Waals surface area contributed by atoms with Gasteiger partial charge in [-0.25, -0.2) is 16.8 Å². The van der Waals surface area contributed by atoms with Gasteiger partial charge in [0.25, 0.3) is 10.1 Å². The average molecular weight is 962 g/mol. The minimum atomic E-state index is -3.96. The molecule has 0 saturated heterocycles. The first-order chi connectivity index (χ1) is 31.5. The van der Waals surface area contributed by atoms with Crippen molar-refractivity contribution in [2.75, 3.05) is 40.5 Å². The molecule has 0 aliphatic heterocycles. The largest absolute Gasteiger partial charge is 0.492 e. The van der Waals surface area contributed by atoms with E-state index >= 15 is 0 Å². The molecule has 17 heteroatoms. The first kappa shape index (κ1) is 48.3. The Labute approximate surface area is 390 Å². The number of hydrogen-bond donors (Lipinski definition) is 0. The van der Waals surface area contributed by atoms with Crippen molar-refractivity contribution in [2.45, 2.75) is 39.1 Å². The summed E-state index contributed by atoms with van der Waals surface area (Å²) in [5, 5.41) is 12.6. The number of hydrogen-bond acceptors (Lipinski definition) is 12. The van der Waals surface area contributed by atoms with Gasteiger partial charge in [0.05, 0.1) is 25.7 Å². The van der Waals surface area contributed by atoms with Gasteiger partial charge in [-0.1, -0.05) is 97.9 Å². The third kappa shape index (κ3) is 10.1. The molecular weight excluding hydrogens is 911 g/mol. The van der Waals surface area contributed by atoms with Crippen LogP contribution in [-0.2, 0) is 48.1 Å². The Balaban J connectivity index is 0.000000202. The number of nitrogens with zero attached hydrogens (tertiary/aromatic N) is 5. The van der Waals surface area contributed by atoms with Gasteiger partial charge in [-0.3, -0.25) is 13.5 Å². The average Bonchev–Trinajstić information content (AvgIpc) is 3.83. The number of aryl methyl sites for hydroxylation is 3. The van der Waals surface area contributed by atoms with E-state index in [1.807, 2.05) is 86.6 Å². The summed E-state index contributed by atoms with van der Waals surface area (Å²) in [6.07, 6.45) is 0. The second-order valence-electron chi connectivity index (χ2n) is 15.8. The van der Waals surface area contributed by atoms with E-state index in [-0.39, 0.29) is 45.4 Å². The molecule has 348 valence electrons. The highest BCUT2D eigenvalue weighted by molar-refractivity contribution is 7.92. The van der Waals surface area contributed by atoms with Gasteiger partial charge in [0, 0.05) is 42.2 Å². The Hall–Kier alpha value is -6.63. The van der Waals surface area contributed by atoms with Crippen LogP contribution in [0.25, 0.3) is 43.4 Å². The van der Waals surface area contributed by atoms with E-state index in [4.69, 9.17) is 13.7 Å². The summed E-state index contributed by atoms with van der Waals surface area (Å²) in [5.41, 5.74) is 2.29. The van der Waals surface area contributed by atoms with E-state index in [2.05, 4.69) is 10.2 Å². The Kier molecular flexibility index (Phi) is 14.2. The highest BCUT2D eigenvalue weighted by atomic mass is 32.2. The maximum atomic E-state index is 13.7. The van der Waals surface area contributed by atoms with Crippen LogP contribution < -0.4 is 9.47 Å². The molecule has 0 fully saturated rings. The molecule has 0 spiro atoms. The maximum absolute atomic E-state index is 13.7. The van der Waals surface area contributed by atoms with E-state index in [0.29, 0.717) is 45.2 Å². The lowest BCUT2D eigenvalue weighted by molar-refractivity contribution is 0.221. The lowest BCUT2D eigenvalue weighted by Gasteiger charge is -2.11. The predicted octanol–water partition coefficient (Wildman–Crippen LogP) is 8.79. The van der Waals surface area contributed by atoms with Gasteiger partial charge in [0.15, 0.2) is 10.1 Å². The Bertz CT molecular complexity index is 3580. The summed E-state index contributed by atoms with van der Waals surface area (Å²) in [5.74, 6) is 0.993. The fraction of sp³-hybridized carbons (Fsp3) is 0.200. The molecule has 0 amide bonds. The van der Waals surface area contributed by atoms with Crippen LogP contribution in [0.4, 0.5) is 0 Å². The van der Waals surface area contributed by atoms with Crippen LogP contribution in [0.15, 0.2) is 170 Å². The van der Waals surface area contributed by atoms with Crippen molar-refractivity contribution in [1.29, 1.82) is 0 Å². The smallest absolute Gasteiger partial charge is 0.297 e. The van der Waals surface area contributed by atoms with Crippen molar-refractivity contribution in [2.24, 2.45) is 14.1 Å². The van der Waals surface area contributed by atoms with E-state index in [0.717, 1.165) is 28.4 Å². The Morgan fingerprint density at radius 2 is 0.970 bits per heavy atom. The molecule has 7 aromatic carbocycles. The molecule has 9 rings (SSSR count). The lowest BCUT2D eigenvalue weighted by Crippen LogP contribution is -2.19. The van der Waals surface area contributed by atoms with Gasteiger partial charge in [0.1, 0.15) is 31.3 Å². The minimum Gasteiger partial charge on any atom is -0.492 e. The van der Waals surface area contributed by atoms with E-state index in [1.54, 1.807) is 91.6 Å². The summed E-state index contributed by atoms with van der Waals surface area (Å²) in [4.78, 5) is 2.53. The number of sulfone groups is 2. The molecule has 0 atom stereocenters. The maximum Gasteiger partial charge on any atom is 0.297 e. The van der Waals surface area contributed by atoms with Crippen molar-refractivity contribution in [3.05, 3.63) is 151 Å². The number of fused-ring (bicyclic) bond motifs is 4. The molecule has 0 aliphatic carbocycles. The summed E-state index contributed by atoms with van der Waals surface area (Å²) in [7, 11) is -4.31. The first-order valence-electron chi connectivity index (χ1n) is 20.8. The molecule has 0 bridgehead atoms. The van der Waals surface area contributed by atoms with Crippen LogP contribution >= 0.6 is 0 Å². The van der Waals surface area contributed by atoms with Gasteiger partial charge >= 0.3 is 0 Å². The van der Waals surface area contributed by atoms with E-state index < -0.39 is 29.8 Å². The molecule has 0 aliphatic rings. The second-order valence-corrected chi connectivity index (χ2v) is 21.0. The fourth-order valence-corrected chi connectivity index (χ4v) is 11.6. The number of benzene rings is 7. The van der Waals surface area contributed by atoms with Gasteiger partial charge in [-0.2, -0.15) is 18.6 Å². The fourth-order valence-electron chi connectivity index (χ4n) is 7.49. The minimum absolute atomic E-state index is 0. The summed E-state index contributed by atoms with van der Waals surface area (Å²) in [6.45, 7) is 2.89. The molecule has 0 N–H and O–H groups in total. The van der Waals surface area contributed by atoms with Crippen LogP contribution in [0, 0.1) is 6.92 Å². The van der Waals surface area contributed by atoms with Crippen LogP contribution in [0.5, 0.6) is 11.5 Å². The zero-order chi connectivity index (χ0) is 46.8. The molecule has 0 saturated carbocycles. The van der Waals surface area contributed by atoms with Crippen molar-refractivity contribution >= 4 is 73.1 Å². The van der Waals surface area contributed by atoms with Crippen LogP contribution in [0.1, 0.15) is 13.0 Å². The van der Waals surface area contributed by atoms with Gasteiger partial charge in [0.2, 0.25) is 19.7 Å². The molecule has 2 aromatic heterocycles. The van der Waals surface area contributed by atoms with Gasteiger partial charge in [-0.05, 0) is 92.5 Å². The van der Waals surface area contributed by atoms with Crippen LogP contribution in [0.2, 0.25) is 0 Å².